The van der Waals surface area contributed by atoms with E-state index in [1.165, 1.54) is 0 Å². The number of hydrogen-bond acceptors (Lipinski definition) is 7. The van der Waals surface area contributed by atoms with Crippen LogP contribution in [-0.4, -0.2) is 66.3 Å². The van der Waals surface area contributed by atoms with Crippen LogP contribution in [0.15, 0.2) is 42.7 Å². The first kappa shape index (κ1) is 22.6. The molecule has 2 aliphatic rings. The van der Waals surface area contributed by atoms with Crippen LogP contribution in [0.4, 0.5) is 20.3 Å². The summed E-state index contributed by atoms with van der Waals surface area (Å²) in [5, 5.41) is 6.68. The van der Waals surface area contributed by atoms with E-state index >= 15 is 0 Å². The molecule has 0 saturated carbocycles. The monoisotopic (exact) mass is 460 g/mol. The van der Waals surface area contributed by atoms with Gasteiger partial charge in [0.05, 0.1) is 30.5 Å². The van der Waals surface area contributed by atoms with Crippen molar-refractivity contribution >= 4 is 36.0 Å². The summed E-state index contributed by atoms with van der Waals surface area (Å²) in [4.78, 5) is 15.4. The van der Waals surface area contributed by atoms with Crippen LogP contribution in [0.25, 0.3) is 22.3 Å². The Bertz CT molecular complexity index is 1060. The minimum absolute atomic E-state index is 0. The molecule has 0 unspecified atom stereocenters. The quantitative estimate of drug-likeness (QED) is 0.606. The Hall–Kier alpha value is -2.56. The summed E-state index contributed by atoms with van der Waals surface area (Å²) in [6.45, 7) is 3.08. The van der Waals surface area contributed by atoms with Gasteiger partial charge in [-0.1, -0.05) is 12.1 Å². The molecule has 5 rings (SSSR count). The van der Waals surface area contributed by atoms with E-state index in [9.17, 15) is 8.78 Å². The fraction of sp³-hybridized carbons (Fsp3) is 0.409. The van der Waals surface area contributed by atoms with E-state index < -0.39 is 5.92 Å². The maximum Gasteiger partial charge on any atom is 0.266 e. The second-order valence-corrected chi connectivity index (χ2v) is 7.93. The van der Waals surface area contributed by atoms with Crippen LogP contribution in [0, 0.1) is 0 Å². The van der Waals surface area contributed by atoms with Crippen molar-refractivity contribution in [3.63, 3.8) is 0 Å². The summed E-state index contributed by atoms with van der Waals surface area (Å²) in [5.74, 6) is -1.96. The molecule has 0 amide bonds. The van der Waals surface area contributed by atoms with Crippen LogP contribution in [0.5, 0.6) is 0 Å². The summed E-state index contributed by atoms with van der Waals surface area (Å²) >= 11 is 0. The number of nitrogens with zero attached hydrogens (tertiary/aromatic N) is 4. The summed E-state index contributed by atoms with van der Waals surface area (Å²) in [6.07, 6.45) is 3.26. The Balaban J connectivity index is 0.00000245. The van der Waals surface area contributed by atoms with Crippen molar-refractivity contribution in [2.75, 3.05) is 49.5 Å². The lowest BCUT2D eigenvalue weighted by atomic mass is 10.1. The normalized spacial score (nSPS) is 20.2. The van der Waals surface area contributed by atoms with Crippen LogP contribution in [0.2, 0.25) is 0 Å². The number of hydrogen-bond donors (Lipinski definition) is 2. The van der Waals surface area contributed by atoms with Gasteiger partial charge in [-0.15, -0.1) is 0 Å². The number of morpholine rings is 1. The SMILES string of the molecule is FC1(F)CCN(c2ccc(-c3cc4nccnc4c(NC[C@@H]4CNCCO4)n3)cc2)C1.S. The molecule has 2 aromatic heterocycles. The molecule has 170 valence electrons. The Morgan fingerprint density at radius 3 is 2.72 bits per heavy atom. The summed E-state index contributed by atoms with van der Waals surface area (Å²) < 4.78 is 32.8. The molecule has 3 aromatic rings. The number of ether oxygens (including phenoxy) is 1. The fourth-order valence-electron chi connectivity index (χ4n) is 4.00. The molecule has 0 radical (unpaired) electrons. The van der Waals surface area contributed by atoms with Crippen molar-refractivity contribution in [1.29, 1.82) is 0 Å². The molecule has 2 N–H and O–H groups in total. The molecule has 0 bridgehead atoms. The summed E-state index contributed by atoms with van der Waals surface area (Å²) in [6, 6.07) is 9.45. The van der Waals surface area contributed by atoms with E-state index in [4.69, 9.17) is 9.72 Å². The third-order valence-electron chi connectivity index (χ3n) is 5.66. The predicted molar refractivity (Wildman–Crippen MR) is 126 cm³/mol. The lowest BCUT2D eigenvalue weighted by molar-refractivity contribution is 0.0257. The average Bonchev–Trinajstić information content (AvgIpc) is 3.17. The lowest BCUT2D eigenvalue weighted by Crippen LogP contribution is -2.42. The van der Waals surface area contributed by atoms with Crippen LogP contribution in [-0.2, 0) is 4.74 Å². The van der Waals surface area contributed by atoms with Gasteiger partial charge in [-0.2, -0.15) is 13.5 Å². The van der Waals surface area contributed by atoms with Crippen LogP contribution in [0.3, 0.4) is 0 Å². The van der Waals surface area contributed by atoms with Gasteiger partial charge in [0.2, 0.25) is 0 Å². The zero-order chi connectivity index (χ0) is 21.3. The van der Waals surface area contributed by atoms with Crippen molar-refractivity contribution in [3.8, 4) is 11.3 Å². The van der Waals surface area contributed by atoms with Gasteiger partial charge < -0.3 is 20.3 Å². The van der Waals surface area contributed by atoms with Gasteiger partial charge in [-0.25, -0.2) is 18.7 Å². The first-order valence-electron chi connectivity index (χ1n) is 10.5. The molecule has 7 nitrogen and oxygen atoms in total. The first-order valence-corrected chi connectivity index (χ1v) is 10.5. The van der Waals surface area contributed by atoms with Crippen LogP contribution in [0.1, 0.15) is 6.42 Å². The smallest absolute Gasteiger partial charge is 0.266 e. The molecule has 0 spiro atoms. The molecule has 1 atom stereocenters. The molecule has 2 aliphatic heterocycles. The topological polar surface area (TPSA) is 75.2 Å². The van der Waals surface area contributed by atoms with Gasteiger partial charge in [0, 0.05) is 56.2 Å². The van der Waals surface area contributed by atoms with Crippen LogP contribution >= 0.6 is 13.5 Å². The zero-order valence-electron chi connectivity index (χ0n) is 17.5. The fourth-order valence-corrected chi connectivity index (χ4v) is 4.00. The Kier molecular flexibility index (Phi) is 6.73. The van der Waals surface area contributed by atoms with E-state index in [0.717, 1.165) is 35.6 Å². The second-order valence-electron chi connectivity index (χ2n) is 7.93. The third-order valence-corrected chi connectivity index (χ3v) is 5.66. The van der Waals surface area contributed by atoms with E-state index in [1.54, 1.807) is 17.3 Å². The predicted octanol–water partition coefficient (Wildman–Crippen LogP) is 3.05. The summed E-state index contributed by atoms with van der Waals surface area (Å²) in [5.41, 5.74) is 3.87. The minimum atomic E-state index is -2.62. The van der Waals surface area contributed by atoms with E-state index in [-0.39, 0.29) is 32.6 Å². The van der Waals surface area contributed by atoms with Crippen molar-refractivity contribution < 1.29 is 13.5 Å². The molecule has 32 heavy (non-hydrogen) atoms. The maximum atomic E-state index is 13.5. The molecule has 10 heteroatoms. The van der Waals surface area contributed by atoms with Gasteiger partial charge >= 0.3 is 0 Å². The van der Waals surface area contributed by atoms with Gasteiger partial charge in [0.15, 0.2) is 5.82 Å². The van der Waals surface area contributed by atoms with Crippen molar-refractivity contribution in [2.45, 2.75) is 18.4 Å². The molecule has 1 aromatic carbocycles. The van der Waals surface area contributed by atoms with Crippen molar-refractivity contribution in [2.24, 2.45) is 0 Å². The van der Waals surface area contributed by atoms with Crippen LogP contribution < -0.4 is 15.5 Å². The molecule has 2 saturated heterocycles. The minimum Gasteiger partial charge on any atom is -0.374 e. The van der Waals surface area contributed by atoms with Crippen molar-refractivity contribution in [1.82, 2.24) is 20.3 Å². The van der Waals surface area contributed by atoms with Gasteiger partial charge in [0.1, 0.15) is 5.52 Å². The Labute approximate surface area is 192 Å². The number of fused-ring (bicyclic) bond motifs is 1. The lowest BCUT2D eigenvalue weighted by Gasteiger charge is -2.24. The number of rotatable bonds is 5. The highest BCUT2D eigenvalue weighted by molar-refractivity contribution is 7.59. The molecule has 4 heterocycles. The zero-order valence-corrected chi connectivity index (χ0v) is 18.5. The highest BCUT2D eigenvalue weighted by Gasteiger charge is 2.38. The van der Waals surface area contributed by atoms with E-state index in [2.05, 4.69) is 20.6 Å². The molecular weight excluding hydrogens is 434 g/mol. The number of alkyl halides is 2. The van der Waals surface area contributed by atoms with E-state index in [0.29, 0.717) is 31.0 Å². The van der Waals surface area contributed by atoms with Gasteiger partial charge in [-0.05, 0) is 18.2 Å². The number of nitrogens with one attached hydrogen (secondary N) is 2. The molecule has 2 fully saturated rings. The number of benzene rings is 1. The molecular formula is C22H26F2N6OS. The standard InChI is InChI=1S/C22H24F2N6O.H2S/c23-22(24)5-9-30(14-22)16-3-1-15(2-4-16)18-11-19-20(27-7-6-26-19)21(29-18)28-13-17-12-25-8-10-31-17;/h1-4,6-7,11,17,25H,5,8-10,12-14H2,(H,28,29);1H2/t17-;/m0./s1. The Morgan fingerprint density at radius 2 is 2.00 bits per heavy atom. The Morgan fingerprint density at radius 1 is 1.19 bits per heavy atom. The number of anilines is 2. The number of aromatic nitrogens is 3. The van der Waals surface area contributed by atoms with Gasteiger partial charge in [-0.3, -0.25) is 4.98 Å². The van der Waals surface area contributed by atoms with Crippen molar-refractivity contribution in [3.05, 3.63) is 42.7 Å². The average molecular weight is 461 g/mol. The summed E-state index contributed by atoms with van der Waals surface area (Å²) in [7, 11) is 0. The largest absolute Gasteiger partial charge is 0.374 e. The van der Waals surface area contributed by atoms with E-state index in [1.807, 2.05) is 30.3 Å². The number of halogens is 2. The maximum absolute atomic E-state index is 13.5. The second kappa shape index (κ2) is 9.51. The number of pyridine rings is 1. The van der Waals surface area contributed by atoms with Gasteiger partial charge in [0.25, 0.3) is 5.92 Å². The molecule has 0 aliphatic carbocycles. The highest BCUT2D eigenvalue weighted by Crippen LogP contribution is 2.32. The first-order chi connectivity index (χ1) is 15.1. The highest BCUT2D eigenvalue weighted by atomic mass is 32.1. The third kappa shape index (κ3) is 4.92.